The van der Waals surface area contributed by atoms with Gasteiger partial charge in [0.25, 0.3) is 0 Å². The number of nitrogens with one attached hydrogen (secondary N) is 1. The molecule has 0 bridgehead atoms. The van der Waals surface area contributed by atoms with Crippen LogP contribution < -0.4 is 0 Å². The van der Waals surface area contributed by atoms with E-state index < -0.39 is 0 Å². The fourth-order valence-electron chi connectivity index (χ4n) is 2.00. The second-order valence-corrected chi connectivity index (χ2v) is 4.17. The Labute approximate surface area is 105 Å². The molecule has 1 aromatic heterocycles. The summed E-state index contributed by atoms with van der Waals surface area (Å²) >= 11 is 0. The van der Waals surface area contributed by atoms with Crippen molar-refractivity contribution in [1.29, 1.82) is 0 Å². The van der Waals surface area contributed by atoms with Gasteiger partial charge in [0.1, 0.15) is 5.69 Å². The van der Waals surface area contributed by atoms with Gasteiger partial charge in [-0.25, -0.2) is 0 Å². The zero-order valence-electron chi connectivity index (χ0n) is 9.88. The van der Waals surface area contributed by atoms with Crippen LogP contribution in [0, 0.1) is 0 Å². The Morgan fingerprint density at radius 2 is 1.50 bits per heavy atom. The smallest absolute Gasteiger partial charge is 0.116 e. The maximum absolute atomic E-state index is 4.18. The van der Waals surface area contributed by atoms with Crippen LogP contribution in [-0.4, -0.2) is 15.4 Å². The lowest BCUT2D eigenvalue weighted by molar-refractivity contribution is 0.916. The van der Waals surface area contributed by atoms with Crippen molar-refractivity contribution in [1.82, 2.24) is 15.4 Å². The van der Waals surface area contributed by atoms with Gasteiger partial charge in [0.05, 0.1) is 5.69 Å². The summed E-state index contributed by atoms with van der Waals surface area (Å²) in [5.74, 6) is 0. The second kappa shape index (κ2) is 4.84. The first-order valence-corrected chi connectivity index (χ1v) is 5.93. The predicted molar refractivity (Wildman–Crippen MR) is 71.1 cm³/mol. The third-order valence-corrected chi connectivity index (χ3v) is 2.89. The van der Waals surface area contributed by atoms with Crippen molar-refractivity contribution in [2.45, 2.75) is 6.42 Å². The van der Waals surface area contributed by atoms with Crippen LogP contribution in [0.25, 0.3) is 11.3 Å². The molecule has 0 radical (unpaired) electrons. The minimum Gasteiger partial charge on any atom is -0.261 e. The molecule has 2 aromatic carbocycles. The number of H-pyrrole nitrogens is 1. The lowest BCUT2D eigenvalue weighted by atomic mass is 10.0. The predicted octanol–water partition coefficient (Wildman–Crippen LogP) is 3.06. The molecule has 18 heavy (non-hydrogen) atoms. The normalized spacial score (nSPS) is 10.4. The summed E-state index contributed by atoms with van der Waals surface area (Å²) in [6.07, 6.45) is 0.818. The highest BCUT2D eigenvalue weighted by Crippen LogP contribution is 2.21. The van der Waals surface area contributed by atoms with E-state index in [-0.39, 0.29) is 0 Å². The van der Waals surface area contributed by atoms with Gasteiger partial charge in [0.15, 0.2) is 0 Å². The lowest BCUT2D eigenvalue weighted by Crippen LogP contribution is -1.91. The molecule has 3 heteroatoms. The lowest BCUT2D eigenvalue weighted by Gasteiger charge is -2.01. The summed E-state index contributed by atoms with van der Waals surface area (Å²) in [5, 5.41) is 11.1. The number of nitrogens with zero attached hydrogens (tertiary/aromatic N) is 2. The van der Waals surface area contributed by atoms with E-state index in [0.717, 1.165) is 23.4 Å². The molecule has 88 valence electrons. The molecule has 1 heterocycles. The molecular formula is C15H13N3. The fraction of sp³-hybridized carbons (Fsp3) is 0.0667. The molecule has 1 N–H and O–H groups in total. The third-order valence-electron chi connectivity index (χ3n) is 2.89. The molecule has 0 aliphatic heterocycles. The Kier molecular flexibility index (Phi) is 2.88. The van der Waals surface area contributed by atoms with Gasteiger partial charge in [-0.1, -0.05) is 65.9 Å². The van der Waals surface area contributed by atoms with E-state index in [1.807, 2.05) is 48.5 Å². The van der Waals surface area contributed by atoms with E-state index in [1.165, 1.54) is 5.56 Å². The molecule has 3 rings (SSSR count). The van der Waals surface area contributed by atoms with Crippen molar-refractivity contribution < 1.29 is 0 Å². The summed E-state index contributed by atoms with van der Waals surface area (Å²) in [6, 6.07) is 20.4. The zero-order chi connectivity index (χ0) is 12.2. The summed E-state index contributed by atoms with van der Waals surface area (Å²) < 4.78 is 0. The van der Waals surface area contributed by atoms with Crippen LogP contribution in [0.3, 0.4) is 0 Å². The number of rotatable bonds is 3. The summed E-state index contributed by atoms with van der Waals surface area (Å²) in [6.45, 7) is 0. The van der Waals surface area contributed by atoms with Crippen LogP contribution in [0.1, 0.15) is 11.3 Å². The first-order valence-electron chi connectivity index (χ1n) is 5.93. The Hall–Kier alpha value is -2.42. The summed E-state index contributed by atoms with van der Waals surface area (Å²) in [4.78, 5) is 0. The van der Waals surface area contributed by atoms with Crippen molar-refractivity contribution in [3.8, 4) is 11.3 Å². The topological polar surface area (TPSA) is 41.6 Å². The molecule has 0 saturated heterocycles. The van der Waals surface area contributed by atoms with Gasteiger partial charge < -0.3 is 0 Å². The highest BCUT2D eigenvalue weighted by molar-refractivity contribution is 5.61. The highest BCUT2D eigenvalue weighted by Gasteiger charge is 2.09. The van der Waals surface area contributed by atoms with Crippen molar-refractivity contribution in [2.24, 2.45) is 0 Å². The van der Waals surface area contributed by atoms with Crippen LogP contribution in [0.5, 0.6) is 0 Å². The Balaban J connectivity index is 1.93. The van der Waals surface area contributed by atoms with E-state index in [2.05, 4.69) is 27.5 Å². The van der Waals surface area contributed by atoms with Crippen LogP contribution >= 0.6 is 0 Å². The van der Waals surface area contributed by atoms with E-state index in [9.17, 15) is 0 Å². The fourth-order valence-corrected chi connectivity index (χ4v) is 2.00. The van der Waals surface area contributed by atoms with Gasteiger partial charge in [-0.05, 0) is 5.56 Å². The van der Waals surface area contributed by atoms with Crippen LogP contribution in [0.2, 0.25) is 0 Å². The molecule has 0 amide bonds. The first kappa shape index (κ1) is 10.7. The standard InChI is InChI=1S/C15H13N3/c1-3-7-12(8-4-1)11-14-15(17-18-16-14)13-9-5-2-6-10-13/h1-10H,11H2,(H,16,17,18). The first-order chi connectivity index (χ1) is 8.93. The number of benzene rings is 2. The molecular weight excluding hydrogens is 222 g/mol. The molecule has 0 unspecified atom stereocenters. The van der Waals surface area contributed by atoms with Crippen molar-refractivity contribution >= 4 is 0 Å². The van der Waals surface area contributed by atoms with E-state index in [1.54, 1.807) is 0 Å². The molecule has 3 aromatic rings. The second-order valence-electron chi connectivity index (χ2n) is 4.17. The maximum atomic E-state index is 4.18. The minimum atomic E-state index is 0.818. The number of hydrogen-bond donors (Lipinski definition) is 1. The Bertz CT molecular complexity index is 615. The van der Waals surface area contributed by atoms with Gasteiger partial charge in [0.2, 0.25) is 0 Å². The Morgan fingerprint density at radius 3 is 2.22 bits per heavy atom. The molecule has 0 aliphatic rings. The monoisotopic (exact) mass is 235 g/mol. The molecule has 0 saturated carbocycles. The number of aromatic nitrogens is 3. The summed E-state index contributed by atoms with van der Waals surface area (Å²) in [7, 11) is 0. The van der Waals surface area contributed by atoms with Crippen LogP contribution in [0.4, 0.5) is 0 Å². The largest absolute Gasteiger partial charge is 0.261 e. The van der Waals surface area contributed by atoms with Gasteiger partial charge in [-0.15, -0.1) is 5.10 Å². The summed E-state index contributed by atoms with van der Waals surface area (Å²) in [5.41, 5.74) is 4.32. The third kappa shape index (κ3) is 2.15. The quantitative estimate of drug-likeness (QED) is 0.758. The van der Waals surface area contributed by atoms with Gasteiger partial charge in [0, 0.05) is 12.0 Å². The SMILES string of the molecule is c1ccc(Cc2[nH]nnc2-c2ccccc2)cc1. The van der Waals surface area contributed by atoms with Gasteiger partial charge >= 0.3 is 0 Å². The molecule has 3 nitrogen and oxygen atoms in total. The molecule has 0 aliphatic carbocycles. The van der Waals surface area contributed by atoms with Crippen molar-refractivity contribution in [3.05, 3.63) is 71.9 Å². The highest BCUT2D eigenvalue weighted by atomic mass is 15.3. The van der Waals surface area contributed by atoms with Crippen LogP contribution in [0.15, 0.2) is 60.7 Å². The average Bonchev–Trinajstić information content (AvgIpc) is 2.89. The maximum Gasteiger partial charge on any atom is 0.116 e. The van der Waals surface area contributed by atoms with Crippen LogP contribution in [-0.2, 0) is 6.42 Å². The number of aromatic amines is 1. The van der Waals surface area contributed by atoms with E-state index in [0.29, 0.717) is 0 Å². The average molecular weight is 235 g/mol. The van der Waals surface area contributed by atoms with E-state index >= 15 is 0 Å². The molecule has 0 spiro atoms. The van der Waals surface area contributed by atoms with Crippen molar-refractivity contribution in [2.75, 3.05) is 0 Å². The minimum absolute atomic E-state index is 0.818. The number of hydrogen-bond acceptors (Lipinski definition) is 2. The van der Waals surface area contributed by atoms with Crippen molar-refractivity contribution in [3.63, 3.8) is 0 Å². The molecule has 0 fully saturated rings. The van der Waals surface area contributed by atoms with Gasteiger partial charge in [-0.2, -0.15) is 0 Å². The van der Waals surface area contributed by atoms with Gasteiger partial charge in [-0.3, -0.25) is 5.10 Å². The zero-order valence-corrected chi connectivity index (χ0v) is 9.88. The molecule has 0 atom stereocenters. The Morgan fingerprint density at radius 1 is 0.833 bits per heavy atom. The van der Waals surface area contributed by atoms with E-state index in [4.69, 9.17) is 0 Å².